The minimum absolute atomic E-state index is 0.204. The highest BCUT2D eigenvalue weighted by atomic mass is 15.0. The first kappa shape index (κ1) is 13.7. The third kappa shape index (κ3) is 1.81. The van der Waals surface area contributed by atoms with Gasteiger partial charge in [0.05, 0.1) is 5.52 Å². The number of rotatable bonds is 2. The number of hydrogen-bond donors (Lipinski definition) is 1. The molecule has 1 aliphatic rings. The lowest BCUT2D eigenvalue weighted by Gasteiger charge is -2.37. The normalized spacial score (nSPS) is 18.6. The zero-order valence-corrected chi connectivity index (χ0v) is 13.0. The summed E-state index contributed by atoms with van der Waals surface area (Å²) in [6.07, 6.45) is 6.50. The average molecular weight is 270 g/mol. The molecule has 1 aliphatic carbocycles. The van der Waals surface area contributed by atoms with Crippen LogP contribution in [0.2, 0.25) is 0 Å². The van der Waals surface area contributed by atoms with E-state index in [-0.39, 0.29) is 5.41 Å². The fourth-order valence-corrected chi connectivity index (χ4v) is 4.29. The highest BCUT2D eigenvalue weighted by molar-refractivity contribution is 5.89. The Morgan fingerprint density at radius 2 is 1.85 bits per heavy atom. The molecular weight excluding hydrogens is 244 g/mol. The summed E-state index contributed by atoms with van der Waals surface area (Å²) >= 11 is 0. The van der Waals surface area contributed by atoms with Crippen LogP contribution in [0.25, 0.3) is 10.9 Å². The molecule has 0 atom stereocenters. The van der Waals surface area contributed by atoms with Gasteiger partial charge in [-0.15, -0.1) is 0 Å². The van der Waals surface area contributed by atoms with Crippen molar-refractivity contribution in [1.29, 1.82) is 0 Å². The van der Waals surface area contributed by atoms with Crippen LogP contribution < -0.4 is 5.73 Å². The summed E-state index contributed by atoms with van der Waals surface area (Å²) in [7, 11) is 2.20. The van der Waals surface area contributed by atoms with Crippen molar-refractivity contribution >= 4 is 10.9 Å². The van der Waals surface area contributed by atoms with E-state index in [2.05, 4.69) is 43.7 Å². The van der Waals surface area contributed by atoms with Crippen molar-refractivity contribution in [1.82, 2.24) is 4.57 Å². The Hall–Kier alpha value is -1.28. The lowest BCUT2D eigenvalue weighted by molar-refractivity contribution is 0.301. The molecule has 0 spiro atoms. The van der Waals surface area contributed by atoms with Crippen LogP contribution in [0, 0.1) is 13.8 Å². The first-order valence-corrected chi connectivity index (χ1v) is 7.86. The fourth-order valence-electron chi connectivity index (χ4n) is 4.29. The maximum atomic E-state index is 6.27. The molecular formula is C18H26N2. The monoisotopic (exact) mass is 270 g/mol. The van der Waals surface area contributed by atoms with Crippen LogP contribution in [0.15, 0.2) is 18.2 Å². The number of nitrogens with two attached hydrogens (primary N) is 1. The molecule has 1 aromatic carbocycles. The van der Waals surface area contributed by atoms with Gasteiger partial charge in [0, 0.05) is 30.1 Å². The Kier molecular flexibility index (Phi) is 3.37. The van der Waals surface area contributed by atoms with Gasteiger partial charge in [-0.05, 0) is 37.8 Å². The standard InChI is InChI=1S/C18H26N2/c1-13-8-7-9-15-16(14(2)20(3)17(13)15)18(12-19)10-5-4-6-11-18/h7-9H,4-6,10-12,19H2,1-3H3. The van der Waals surface area contributed by atoms with Crippen LogP contribution in [-0.2, 0) is 12.5 Å². The molecule has 3 rings (SSSR count). The van der Waals surface area contributed by atoms with Crippen molar-refractivity contribution in [2.75, 3.05) is 6.54 Å². The van der Waals surface area contributed by atoms with Crippen LogP contribution in [0.1, 0.15) is 48.9 Å². The van der Waals surface area contributed by atoms with Gasteiger partial charge in [0.15, 0.2) is 0 Å². The molecule has 1 saturated carbocycles. The smallest absolute Gasteiger partial charge is 0.0512 e. The van der Waals surface area contributed by atoms with Crippen molar-refractivity contribution < 1.29 is 0 Å². The molecule has 0 bridgehead atoms. The molecule has 0 amide bonds. The highest BCUT2D eigenvalue weighted by Gasteiger charge is 2.36. The summed E-state index contributed by atoms with van der Waals surface area (Å²) in [6, 6.07) is 6.69. The molecule has 0 radical (unpaired) electrons. The molecule has 1 fully saturated rings. The van der Waals surface area contributed by atoms with E-state index in [1.165, 1.54) is 59.8 Å². The van der Waals surface area contributed by atoms with Gasteiger partial charge in [0.2, 0.25) is 0 Å². The van der Waals surface area contributed by atoms with E-state index in [0.29, 0.717) is 0 Å². The Morgan fingerprint density at radius 3 is 2.50 bits per heavy atom. The summed E-state index contributed by atoms with van der Waals surface area (Å²) in [6.45, 7) is 5.25. The molecule has 2 aromatic rings. The van der Waals surface area contributed by atoms with E-state index in [1.807, 2.05) is 0 Å². The van der Waals surface area contributed by atoms with Crippen LogP contribution in [-0.4, -0.2) is 11.1 Å². The second-order valence-corrected chi connectivity index (χ2v) is 6.54. The van der Waals surface area contributed by atoms with Crippen molar-refractivity contribution in [2.24, 2.45) is 12.8 Å². The number of nitrogens with zero attached hydrogens (tertiary/aromatic N) is 1. The van der Waals surface area contributed by atoms with Crippen molar-refractivity contribution in [3.05, 3.63) is 35.0 Å². The third-order valence-electron chi connectivity index (χ3n) is 5.44. The van der Waals surface area contributed by atoms with E-state index in [9.17, 15) is 0 Å². The van der Waals surface area contributed by atoms with Crippen LogP contribution >= 0.6 is 0 Å². The second kappa shape index (κ2) is 4.92. The molecule has 108 valence electrons. The average Bonchev–Trinajstić information content (AvgIpc) is 2.73. The number of fused-ring (bicyclic) bond motifs is 1. The lowest BCUT2D eigenvalue weighted by Crippen LogP contribution is -2.37. The number of aryl methyl sites for hydroxylation is 2. The van der Waals surface area contributed by atoms with Crippen LogP contribution in [0.5, 0.6) is 0 Å². The first-order chi connectivity index (χ1) is 9.60. The summed E-state index contributed by atoms with van der Waals surface area (Å²) < 4.78 is 2.37. The van der Waals surface area contributed by atoms with Gasteiger partial charge in [0.25, 0.3) is 0 Å². The predicted octanol–water partition coefficient (Wildman–Crippen LogP) is 3.96. The van der Waals surface area contributed by atoms with Gasteiger partial charge in [-0.3, -0.25) is 0 Å². The van der Waals surface area contributed by atoms with Gasteiger partial charge in [-0.25, -0.2) is 0 Å². The van der Waals surface area contributed by atoms with Gasteiger partial charge in [-0.2, -0.15) is 0 Å². The van der Waals surface area contributed by atoms with Gasteiger partial charge in [-0.1, -0.05) is 37.5 Å². The van der Waals surface area contributed by atoms with Crippen LogP contribution in [0.4, 0.5) is 0 Å². The van der Waals surface area contributed by atoms with Crippen molar-refractivity contribution in [3.8, 4) is 0 Å². The van der Waals surface area contributed by atoms with Crippen molar-refractivity contribution in [3.63, 3.8) is 0 Å². The summed E-state index contributed by atoms with van der Waals surface area (Å²) in [5.74, 6) is 0. The number of hydrogen-bond acceptors (Lipinski definition) is 1. The van der Waals surface area contributed by atoms with Gasteiger partial charge in [0.1, 0.15) is 0 Å². The van der Waals surface area contributed by atoms with E-state index in [1.54, 1.807) is 0 Å². The topological polar surface area (TPSA) is 30.9 Å². The first-order valence-electron chi connectivity index (χ1n) is 7.86. The molecule has 1 heterocycles. The van der Waals surface area contributed by atoms with Gasteiger partial charge < -0.3 is 10.3 Å². The van der Waals surface area contributed by atoms with Crippen molar-refractivity contribution in [2.45, 2.75) is 51.4 Å². The van der Waals surface area contributed by atoms with E-state index >= 15 is 0 Å². The molecule has 20 heavy (non-hydrogen) atoms. The summed E-state index contributed by atoms with van der Waals surface area (Å²) in [5.41, 5.74) is 12.2. The Bertz CT molecular complexity index is 630. The molecule has 2 nitrogen and oxygen atoms in total. The van der Waals surface area contributed by atoms with Gasteiger partial charge >= 0.3 is 0 Å². The Balaban J connectivity index is 2.30. The molecule has 0 aliphatic heterocycles. The van der Waals surface area contributed by atoms with E-state index < -0.39 is 0 Å². The zero-order chi connectivity index (χ0) is 14.3. The molecule has 0 unspecified atom stereocenters. The fraction of sp³-hybridized carbons (Fsp3) is 0.556. The molecule has 2 N–H and O–H groups in total. The Labute approximate surface area is 122 Å². The maximum Gasteiger partial charge on any atom is 0.0512 e. The minimum atomic E-state index is 0.204. The van der Waals surface area contributed by atoms with E-state index in [0.717, 1.165) is 6.54 Å². The van der Waals surface area contributed by atoms with Crippen LogP contribution in [0.3, 0.4) is 0 Å². The predicted molar refractivity (Wildman–Crippen MR) is 86.2 cm³/mol. The number of benzene rings is 1. The molecule has 2 heteroatoms. The Morgan fingerprint density at radius 1 is 1.15 bits per heavy atom. The molecule has 1 aromatic heterocycles. The van der Waals surface area contributed by atoms with E-state index in [4.69, 9.17) is 5.73 Å². The SMILES string of the molecule is Cc1cccc2c(C3(CN)CCCCC3)c(C)n(C)c12. The summed E-state index contributed by atoms with van der Waals surface area (Å²) in [4.78, 5) is 0. The lowest BCUT2D eigenvalue weighted by atomic mass is 9.68. The second-order valence-electron chi connectivity index (χ2n) is 6.54. The summed E-state index contributed by atoms with van der Waals surface area (Å²) in [5, 5.41) is 1.43. The largest absolute Gasteiger partial charge is 0.347 e. The maximum absolute atomic E-state index is 6.27. The minimum Gasteiger partial charge on any atom is -0.347 e. The number of aromatic nitrogens is 1. The quantitative estimate of drug-likeness (QED) is 0.880. The third-order valence-corrected chi connectivity index (χ3v) is 5.44. The molecule has 0 saturated heterocycles. The number of para-hydroxylation sites is 1. The highest BCUT2D eigenvalue weighted by Crippen LogP contribution is 2.44. The zero-order valence-electron chi connectivity index (χ0n) is 13.0.